The highest BCUT2D eigenvalue weighted by molar-refractivity contribution is 6.36. The molecule has 0 unspecified atom stereocenters. The van der Waals surface area contributed by atoms with Gasteiger partial charge in [0.25, 0.3) is 0 Å². The van der Waals surface area contributed by atoms with Gasteiger partial charge in [-0.05, 0) is 79.6 Å². The molecule has 0 spiro atoms. The van der Waals surface area contributed by atoms with E-state index in [1.54, 1.807) is 4.90 Å². The van der Waals surface area contributed by atoms with Gasteiger partial charge in [-0.3, -0.25) is 9.69 Å². The molecule has 0 bridgehead atoms. The third-order valence-electron chi connectivity index (χ3n) is 9.64. The molecule has 3 saturated heterocycles. The zero-order valence-electron chi connectivity index (χ0n) is 24.7. The molecule has 4 heterocycles. The molecule has 0 radical (unpaired) electrons. The quantitative estimate of drug-likeness (QED) is 0.183. The first-order valence-corrected chi connectivity index (χ1v) is 15.8. The summed E-state index contributed by atoms with van der Waals surface area (Å²) in [5.74, 6) is 0.616. The summed E-state index contributed by atoms with van der Waals surface area (Å²) in [6.07, 6.45) is 5.99. The van der Waals surface area contributed by atoms with Crippen LogP contribution in [0.2, 0.25) is 5.02 Å². The van der Waals surface area contributed by atoms with E-state index in [1.165, 1.54) is 18.9 Å². The van der Waals surface area contributed by atoms with E-state index in [9.17, 15) is 4.79 Å². The smallest absolute Gasteiger partial charge is 0.319 e. The highest BCUT2D eigenvalue weighted by Gasteiger charge is 2.45. The lowest BCUT2D eigenvalue weighted by atomic mass is 9.95. The molecule has 0 aliphatic carbocycles. The van der Waals surface area contributed by atoms with Crippen molar-refractivity contribution in [1.29, 1.82) is 0 Å². The maximum Gasteiger partial charge on any atom is 0.319 e. The molecule has 0 N–H and O–H groups in total. The summed E-state index contributed by atoms with van der Waals surface area (Å²) in [5.41, 5.74) is 2.90. The van der Waals surface area contributed by atoms with Crippen LogP contribution in [-0.2, 0) is 4.79 Å². The molecular formula is C35H35ClN6O2. The van der Waals surface area contributed by atoms with E-state index >= 15 is 0 Å². The van der Waals surface area contributed by atoms with Crippen molar-refractivity contribution in [2.24, 2.45) is 0 Å². The molecule has 4 aromatic rings. The number of anilines is 1. The minimum Gasteiger partial charge on any atom is -0.461 e. The van der Waals surface area contributed by atoms with E-state index in [0.717, 1.165) is 64.6 Å². The highest BCUT2D eigenvalue weighted by atomic mass is 35.5. The van der Waals surface area contributed by atoms with Crippen LogP contribution in [0.3, 0.4) is 0 Å². The molecule has 1 aromatic heterocycles. The molecule has 1 amide bonds. The second-order valence-corrected chi connectivity index (χ2v) is 12.5. The number of carbonyl (C=O) groups excluding carboxylic acids is 1. The lowest BCUT2D eigenvalue weighted by Crippen LogP contribution is -2.56. The van der Waals surface area contributed by atoms with Crippen LogP contribution in [0.5, 0.6) is 6.01 Å². The van der Waals surface area contributed by atoms with Crippen molar-refractivity contribution in [2.75, 3.05) is 50.8 Å². The van der Waals surface area contributed by atoms with Crippen LogP contribution < -0.4 is 9.64 Å². The van der Waals surface area contributed by atoms with Crippen LogP contribution >= 0.6 is 11.6 Å². The molecule has 3 aliphatic rings. The lowest BCUT2D eigenvalue weighted by molar-refractivity contribution is -0.128. The molecule has 3 aliphatic heterocycles. The number of benzene rings is 3. The molecule has 224 valence electrons. The average Bonchev–Trinajstić information content (AvgIpc) is 3.63. The van der Waals surface area contributed by atoms with Gasteiger partial charge in [0.15, 0.2) is 0 Å². The van der Waals surface area contributed by atoms with Crippen LogP contribution in [0.15, 0.2) is 67.3 Å². The number of aromatic nitrogens is 2. The topological polar surface area (TPSA) is 66.2 Å². The van der Waals surface area contributed by atoms with Gasteiger partial charge in [0, 0.05) is 35.4 Å². The number of piperazine rings is 1. The first kappa shape index (κ1) is 28.6. The first-order valence-electron chi connectivity index (χ1n) is 15.4. The molecule has 0 saturated carbocycles. The van der Waals surface area contributed by atoms with Crippen LogP contribution in [0.25, 0.3) is 37.6 Å². The second-order valence-electron chi connectivity index (χ2n) is 12.1. The molecule has 9 heteroatoms. The minimum absolute atomic E-state index is 0.0669. The number of hydrogen-bond acceptors (Lipinski definition) is 6. The van der Waals surface area contributed by atoms with Gasteiger partial charge in [0.05, 0.1) is 11.1 Å². The Morgan fingerprint density at radius 2 is 1.89 bits per heavy atom. The number of carbonyl (C=O) groups is 1. The Balaban J connectivity index is 1.30. The normalized spacial score (nSPS) is 19.7. The standard InChI is InChI=1S/C35H35ClN6O2/c1-3-31(43)42-19-18-40(22-26(42)21-37-2)33-28-13-12-25(27-10-4-8-24-9-5-11-29(36)32(24)27)20-30(28)38-34(39-33)44-23-35-14-6-16-41(35)17-7-15-35/h3-5,8-13,20,26H,1,6-7,14-19,21-23H2/t26-/m0/s1. The van der Waals surface area contributed by atoms with Gasteiger partial charge in [-0.2, -0.15) is 9.97 Å². The zero-order valence-corrected chi connectivity index (χ0v) is 25.5. The Hall–Kier alpha value is -4.19. The summed E-state index contributed by atoms with van der Waals surface area (Å²) < 4.78 is 6.48. The number of rotatable bonds is 7. The number of halogens is 1. The Morgan fingerprint density at radius 3 is 2.66 bits per heavy atom. The van der Waals surface area contributed by atoms with Gasteiger partial charge in [-0.25, -0.2) is 6.57 Å². The third kappa shape index (κ3) is 5.04. The summed E-state index contributed by atoms with van der Waals surface area (Å²) in [6.45, 7) is 15.8. The highest BCUT2D eigenvalue weighted by Crippen LogP contribution is 2.40. The maximum absolute atomic E-state index is 12.6. The predicted octanol–water partition coefficient (Wildman–Crippen LogP) is 6.23. The lowest BCUT2D eigenvalue weighted by Gasteiger charge is -2.39. The van der Waals surface area contributed by atoms with E-state index in [1.807, 2.05) is 18.2 Å². The fraction of sp³-hybridized carbons (Fsp3) is 0.371. The molecule has 3 aromatic carbocycles. The van der Waals surface area contributed by atoms with Crippen molar-refractivity contribution in [3.63, 3.8) is 0 Å². The number of nitrogens with zero attached hydrogens (tertiary/aromatic N) is 6. The van der Waals surface area contributed by atoms with Crippen molar-refractivity contribution >= 4 is 45.0 Å². The Kier molecular flexibility index (Phi) is 7.61. The fourth-order valence-electron chi connectivity index (χ4n) is 7.48. The van der Waals surface area contributed by atoms with Crippen molar-refractivity contribution in [2.45, 2.75) is 37.3 Å². The predicted molar refractivity (Wildman–Crippen MR) is 175 cm³/mol. The van der Waals surface area contributed by atoms with Gasteiger partial charge >= 0.3 is 6.01 Å². The van der Waals surface area contributed by atoms with Crippen LogP contribution in [0, 0.1) is 6.57 Å². The Bertz CT molecular complexity index is 1790. The van der Waals surface area contributed by atoms with E-state index < -0.39 is 0 Å². The van der Waals surface area contributed by atoms with Gasteiger partial charge < -0.3 is 19.4 Å². The molecule has 3 fully saturated rings. The number of fused-ring (bicyclic) bond motifs is 3. The molecule has 1 atom stereocenters. The Labute approximate surface area is 262 Å². The Morgan fingerprint density at radius 1 is 1.09 bits per heavy atom. The summed E-state index contributed by atoms with van der Waals surface area (Å²) >= 11 is 6.70. The van der Waals surface area contributed by atoms with Crippen LogP contribution in [0.4, 0.5) is 5.82 Å². The fourth-order valence-corrected chi connectivity index (χ4v) is 7.76. The molecule has 44 heavy (non-hydrogen) atoms. The number of amides is 1. The van der Waals surface area contributed by atoms with E-state index in [-0.39, 0.29) is 24.0 Å². The van der Waals surface area contributed by atoms with Gasteiger partial charge in [0.2, 0.25) is 12.5 Å². The van der Waals surface area contributed by atoms with E-state index in [2.05, 4.69) is 57.6 Å². The number of ether oxygens (including phenoxy) is 1. The van der Waals surface area contributed by atoms with Gasteiger partial charge in [0.1, 0.15) is 18.5 Å². The summed E-state index contributed by atoms with van der Waals surface area (Å²) in [7, 11) is 0. The number of hydrogen-bond donors (Lipinski definition) is 0. The van der Waals surface area contributed by atoms with Crippen LogP contribution in [0.1, 0.15) is 25.7 Å². The van der Waals surface area contributed by atoms with Crippen molar-refractivity contribution < 1.29 is 9.53 Å². The maximum atomic E-state index is 12.6. The van der Waals surface area contributed by atoms with E-state index in [0.29, 0.717) is 37.3 Å². The minimum atomic E-state index is -0.261. The third-order valence-corrected chi connectivity index (χ3v) is 9.96. The first-order chi connectivity index (χ1) is 21.5. The summed E-state index contributed by atoms with van der Waals surface area (Å²) in [4.78, 5) is 32.7. The molecule has 7 rings (SSSR count). The molecular weight excluding hydrogens is 572 g/mol. The second kappa shape index (κ2) is 11.7. The largest absolute Gasteiger partial charge is 0.461 e. The summed E-state index contributed by atoms with van der Waals surface area (Å²) in [5, 5.41) is 3.70. The monoisotopic (exact) mass is 606 g/mol. The van der Waals surface area contributed by atoms with E-state index in [4.69, 9.17) is 32.9 Å². The van der Waals surface area contributed by atoms with Crippen molar-refractivity contribution in [1.82, 2.24) is 19.8 Å². The zero-order chi connectivity index (χ0) is 30.3. The van der Waals surface area contributed by atoms with Crippen molar-refractivity contribution in [3.05, 3.63) is 83.7 Å². The van der Waals surface area contributed by atoms with Crippen LogP contribution in [-0.4, -0.2) is 83.1 Å². The average molecular weight is 607 g/mol. The van der Waals surface area contributed by atoms with Gasteiger partial charge in [-0.15, -0.1) is 0 Å². The summed E-state index contributed by atoms with van der Waals surface area (Å²) in [6, 6.07) is 18.5. The molecule has 8 nitrogen and oxygen atoms in total. The van der Waals surface area contributed by atoms with Gasteiger partial charge in [-0.1, -0.05) is 54.6 Å². The van der Waals surface area contributed by atoms with Crippen molar-refractivity contribution in [3.8, 4) is 17.1 Å². The SMILES string of the molecule is [C-]#[N+]C[C@H]1CN(c2nc(OCC34CCCN3CCC4)nc3cc(-c4cccc5cccc(Cl)c45)ccc23)CCN1C(=O)C=C.